The number of aromatic nitrogens is 4. The molecule has 7 heteroatoms. The molecule has 7 nitrogen and oxygen atoms in total. The number of benzene rings is 1. The van der Waals surface area contributed by atoms with Crippen molar-refractivity contribution in [2.45, 2.75) is 45.7 Å². The van der Waals surface area contributed by atoms with Crippen LogP contribution in [0.5, 0.6) is 0 Å². The minimum absolute atomic E-state index is 0.0157. The number of piperidine rings is 1. The Bertz CT molecular complexity index is 1030. The molecule has 0 spiro atoms. The van der Waals surface area contributed by atoms with Crippen molar-refractivity contribution in [3.8, 4) is 5.69 Å². The average molecular weight is 365 g/mol. The van der Waals surface area contributed by atoms with Gasteiger partial charge >= 0.3 is 0 Å². The van der Waals surface area contributed by atoms with Crippen molar-refractivity contribution in [2.75, 3.05) is 6.54 Å². The molecule has 1 atom stereocenters. The standard InChI is InChI=1S/C20H23N5O2/c1-14-6-8-16(9-7-14)25-19-17(11-22-25)20(27)23(13-21-19)12-18(26)24-10-4-3-5-15(24)2/h6-9,11,13,15H,3-5,10,12H2,1-2H3. The largest absolute Gasteiger partial charge is 0.338 e. The number of carbonyl (C=O) groups excluding carboxylic acids is 1. The molecule has 4 rings (SSSR count). The van der Waals surface area contributed by atoms with Crippen LogP contribution in [-0.4, -0.2) is 42.7 Å². The Hall–Kier alpha value is -2.96. The Kier molecular flexibility index (Phi) is 4.51. The number of rotatable bonds is 3. The molecular formula is C20H23N5O2. The lowest BCUT2D eigenvalue weighted by molar-refractivity contribution is -0.135. The van der Waals surface area contributed by atoms with E-state index in [-0.39, 0.29) is 24.1 Å². The van der Waals surface area contributed by atoms with E-state index in [1.807, 2.05) is 36.1 Å². The van der Waals surface area contributed by atoms with Gasteiger partial charge in [-0.1, -0.05) is 17.7 Å². The molecule has 0 radical (unpaired) electrons. The van der Waals surface area contributed by atoms with Gasteiger partial charge in [0.15, 0.2) is 5.65 Å². The van der Waals surface area contributed by atoms with Gasteiger partial charge in [0.1, 0.15) is 18.3 Å². The molecular weight excluding hydrogens is 342 g/mol. The van der Waals surface area contributed by atoms with Crippen molar-refractivity contribution in [1.82, 2.24) is 24.2 Å². The summed E-state index contributed by atoms with van der Waals surface area (Å²) in [6, 6.07) is 8.08. The summed E-state index contributed by atoms with van der Waals surface area (Å²) in [6.07, 6.45) is 6.15. The SMILES string of the molecule is Cc1ccc(-n2ncc3c(=O)n(CC(=O)N4CCCCC4C)cnc32)cc1. The molecule has 1 aliphatic heterocycles. The highest BCUT2D eigenvalue weighted by atomic mass is 16.2. The summed E-state index contributed by atoms with van der Waals surface area (Å²) in [4.78, 5) is 31.7. The Morgan fingerprint density at radius 3 is 2.74 bits per heavy atom. The lowest BCUT2D eigenvalue weighted by Crippen LogP contribution is -2.44. The Labute approximate surface area is 157 Å². The molecule has 2 aromatic heterocycles. The Morgan fingerprint density at radius 2 is 2.00 bits per heavy atom. The molecule has 1 saturated heterocycles. The van der Waals surface area contributed by atoms with Crippen LogP contribution in [0.25, 0.3) is 16.7 Å². The fourth-order valence-corrected chi connectivity index (χ4v) is 3.64. The van der Waals surface area contributed by atoms with Gasteiger partial charge in [-0.05, 0) is 45.2 Å². The van der Waals surface area contributed by atoms with Gasteiger partial charge < -0.3 is 4.90 Å². The van der Waals surface area contributed by atoms with E-state index in [0.717, 1.165) is 37.1 Å². The lowest BCUT2D eigenvalue weighted by Gasteiger charge is -2.33. The van der Waals surface area contributed by atoms with Gasteiger partial charge in [0, 0.05) is 12.6 Å². The maximum Gasteiger partial charge on any atom is 0.264 e. The fourth-order valence-electron chi connectivity index (χ4n) is 3.64. The zero-order valence-electron chi connectivity index (χ0n) is 15.6. The first kappa shape index (κ1) is 17.5. The first-order valence-electron chi connectivity index (χ1n) is 9.34. The smallest absolute Gasteiger partial charge is 0.264 e. The summed E-state index contributed by atoms with van der Waals surface area (Å²) in [5.41, 5.74) is 2.25. The lowest BCUT2D eigenvalue weighted by atomic mass is 10.0. The summed E-state index contributed by atoms with van der Waals surface area (Å²) in [5.74, 6) is -0.0311. The highest BCUT2D eigenvalue weighted by molar-refractivity contribution is 5.78. The second-order valence-electron chi connectivity index (χ2n) is 7.24. The van der Waals surface area contributed by atoms with Gasteiger partial charge in [-0.15, -0.1) is 0 Å². The molecule has 0 aliphatic carbocycles. The summed E-state index contributed by atoms with van der Waals surface area (Å²) in [7, 11) is 0. The van der Waals surface area contributed by atoms with Crippen LogP contribution in [0.2, 0.25) is 0 Å². The predicted molar refractivity (Wildman–Crippen MR) is 103 cm³/mol. The van der Waals surface area contributed by atoms with E-state index in [1.54, 1.807) is 4.68 Å². The molecule has 1 aromatic carbocycles. The summed E-state index contributed by atoms with van der Waals surface area (Å²) < 4.78 is 3.03. The van der Waals surface area contributed by atoms with Crippen LogP contribution < -0.4 is 5.56 Å². The number of hydrogen-bond donors (Lipinski definition) is 0. The van der Waals surface area contributed by atoms with Crippen LogP contribution in [0.4, 0.5) is 0 Å². The molecule has 1 amide bonds. The molecule has 1 fully saturated rings. The number of carbonyl (C=O) groups is 1. The normalized spacial score (nSPS) is 17.4. The number of amides is 1. The van der Waals surface area contributed by atoms with Crippen LogP contribution in [0.1, 0.15) is 31.7 Å². The third kappa shape index (κ3) is 3.25. The van der Waals surface area contributed by atoms with Crippen molar-refractivity contribution in [3.63, 3.8) is 0 Å². The highest BCUT2D eigenvalue weighted by Crippen LogP contribution is 2.17. The van der Waals surface area contributed by atoms with E-state index < -0.39 is 0 Å². The first-order chi connectivity index (χ1) is 13.0. The molecule has 0 N–H and O–H groups in total. The predicted octanol–water partition coefficient (Wildman–Crippen LogP) is 2.29. The van der Waals surface area contributed by atoms with Crippen molar-refractivity contribution < 1.29 is 4.79 Å². The third-order valence-corrected chi connectivity index (χ3v) is 5.26. The Morgan fingerprint density at radius 1 is 1.22 bits per heavy atom. The zero-order chi connectivity index (χ0) is 19.0. The maximum absolute atomic E-state index is 12.8. The van der Waals surface area contributed by atoms with E-state index in [0.29, 0.717) is 11.0 Å². The topological polar surface area (TPSA) is 73.0 Å². The second kappa shape index (κ2) is 6.98. The van der Waals surface area contributed by atoms with Crippen molar-refractivity contribution in [2.24, 2.45) is 0 Å². The van der Waals surface area contributed by atoms with Crippen LogP contribution in [0, 0.1) is 6.92 Å². The molecule has 27 heavy (non-hydrogen) atoms. The summed E-state index contributed by atoms with van der Waals surface area (Å²) >= 11 is 0. The molecule has 0 bridgehead atoms. The van der Waals surface area contributed by atoms with Crippen molar-refractivity contribution in [3.05, 3.63) is 52.7 Å². The number of fused-ring (bicyclic) bond motifs is 1. The van der Waals surface area contributed by atoms with Crippen LogP contribution in [-0.2, 0) is 11.3 Å². The van der Waals surface area contributed by atoms with Crippen LogP contribution in [0.3, 0.4) is 0 Å². The first-order valence-corrected chi connectivity index (χ1v) is 9.34. The van der Waals surface area contributed by atoms with Crippen molar-refractivity contribution >= 4 is 16.9 Å². The zero-order valence-corrected chi connectivity index (χ0v) is 15.6. The molecule has 0 saturated carbocycles. The summed E-state index contributed by atoms with van der Waals surface area (Å²) in [5, 5.41) is 4.74. The third-order valence-electron chi connectivity index (χ3n) is 5.26. The average Bonchev–Trinajstić information content (AvgIpc) is 3.10. The fraction of sp³-hybridized carbons (Fsp3) is 0.400. The van der Waals surface area contributed by atoms with Crippen molar-refractivity contribution in [1.29, 1.82) is 0 Å². The van der Waals surface area contributed by atoms with Gasteiger partial charge in [0.25, 0.3) is 5.56 Å². The van der Waals surface area contributed by atoms with Gasteiger partial charge in [0.05, 0.1) is 11.9 Å². The quantitative estimate of drug-likeness (QED) is 0.714. The highest BCUT2D eigenvalue weighted by Gasteiger charge is 2.24. The number of hydrogen-bond acceptors (Lipinski definition) is 4. The minimum atomic E-state index is -0.239. The second-order valence-corrected chi connectivity index (χ2v) is 7.24. The van der Waals surface area contributed by atoms with E-state index in [4.69, 9.17) is 0 Å². The number of likely N-dealkylation sites (tertiary alicyclic amines) is 1. The maximum atomic E-state index is 12.8. The molecule has 1 aliphatic rings. The van der Waals surface area contributed by atoms with E-state index in [1.165, 1.54) is 17.1 Å². The van der Waals surface area contributed by atoms with E-state index >= 15 is 0 Å². The van der Waals surface area contributed by atoms with E-state index in [9.17, 15) is 9.59 Å². The molecule has 3 heterocycles. The van der Waals surface area contributed by atoms with E-state index in [2.05, 4.69) is 17.0 Å². The summed E-state index contributed by atoms with van der Waals surface area (Å²) in [6.45, 7) is 4.85. The van der Waals surface area contributed by atoms with Gasteiger partial charge in [-0.3, -0.25) is 14.2 Å². The van der Waals surface area contributed by atoms with Gasteiger partial charge in [0.2, 0.25) is 5.91 Å². The monoisotopic (exact) mass is 365 g/mol. The molecule has 3 aromatic rings. The van der Waals surface area contributed by atoms with Crippen LogP contribution >= 0.6 is 0 Å². The number of aryl methyl sites for hydroxylation is 1. The molecule has 140 valence electrons. The Balaban J connectivity index is 1.64. The van der Waals surface area contributed by atoms with Gasteiger partial charge in [-0.2, -0.15) is 5.10 Å². The molecule has 1 unspecified atom stereocenters. The number of nitrogens with zero attached hydrogens (tertiary/aromatic N) is 5. The van der Waals surface area contributed by atoms with Gasteiger partial charge in [-0.25, -0.2) is 9.67 Å². The minimum Gasteiger partial charge on any atom is -0.338 e. The van der Waals surface area contributed by atoms with Crippen LogP contribution in [0.15, 0.2) is 41.6 Å².